The van der Waals surface area contributed by atoms with Crippen LogP contribution in [0, 0.1) is 5.92 Å². The minimum Gasteiger partial charge on any atom is -0.356 e. The first kappa shape index (κ1) is 23.2. The number of rotatable bonds is 6. The van der Waals surface area contributed by atoms with E-state index in [-0.39, 0.29) is 0 Å². The Bertz CT molecular complexity index is 483. The van der Waals surface area contributed by atoms with Crippen LogP contribution in [0.4, 0.5) is 13.2 Å². The van der Waals surface area contributed by atoms with E-state index < -0.39 is 12.2 Å². The quantitative estimate of drug-likeness (QED) is 0.533. The molecule has 0 radical (unpaired) electrons. The van der Waals surface area contributed by atoms with Crippen molar-refractivity contribution in [2.75, 3.05) is 79.0 Å². The van der Waals surface area contributed by atoms with Gasteiger partial charge in [-0.3, -0.25) is 9.89 Å². The van der Waals surface area contributed by atoms with Crippen molar-refractivity contribution < 1.29 is 13.2 Å². The van der Waals surface area contributed by atoms with Crippen LogP contribution in [-0.4, -0.2) is 117 Å². The van der Waals surface area contributed by atoms with E-state index in [9.17, 15) is 13.2 Å². The molecular weight excluding hydrogens is 369 g/mol. The van der Waals surface area contributed by atoms with Gasteiger partial charge in [-0.2, -0.15) is 13.2 Å². The molecule has 0 aromatic rings. The number of guanidine groups is 1. The summed E-state index contributed by atoms with van der Waals surface area (Å²) in [7, 11) is 1.74. The average molecular weight is 407 g/mol. The lowest BCUT2D eigenvalue weighted by Gasteiger charge is -2.40. The molecule has 0 aromatic heterocycles. The van der Waals surface area contributed by atoms with Gasteiger partial charge in [0.2, 0.25) is 0 Å². The number of alkyl halides is 3. The molecule has 2 aliphatic rings. The third-order valence-corrected chi connectivity index (χ3v) is 5.94. The maximum absolute atomic E-state index is 12.9. The SMILES string of the molecule is CCN1CCN(CC(C)CNC(=NC)N2CCN(C(C)C(F)(F)F)CC2)CC1. The van der Waals surface area contributed by atoms with Crippen molar-refractivity contribution in [3.8, 4) is 0 Å². The van der Waals surface area contributed by atoms with Crippen molar-refractivity contribution in [2.24, 2.45) is 10.9 Å². The Morgan fingerprint density at radius 1 is 0.964 bits per heavy atom. The monoisotopic (exact) mass is 406 g/mol. The lowest BCUT2D eigenvalue weighted by Crippen LogP contribution is -2.57. The Balaban J connectivity index is 1.71. The van der Waals surface area contributed by atoms with Crippen LogP contribution >= 0.6 is 0 Å². The molecule has 28 heavy (non-hydrogen) atoms. The molecule has 2 saturated heterocycles. The van der Waals surface area contributed by atoms with E-state index in [1.165, 1.54) is 11.8 Å². The molecule has 9 heteroatoms. The molecule has 2 atom stereocenters. The van der Waals surface area contributed by atoms with Gasteiger partial charge in [0.05, 0.1) is 0 Å². The molecule has 0 aromatic carbocycles. The maximum atomic E-state index is 12.9. The zero-order valence-electron chi connectivity index (χ0n) is 17.8. The van der Waals surface area contributed by atoms with E-state index in [1.54, 1.807) is 7.05 Å². The highest BCUT2D eigenvalue weighted by Gasteiger charge is 2.41. The molecule has 0 bridgehead atoms. The number of aliphatic imine (C=N–C) groups is 1. The number of halogens is 3. The van der Waals surface area contributed by atoms with Crippen LogP contribution in [0.1, 0.15) is 20.8 Å². The lowest BCUT2D eigenvalue weighted by atomic mass is 10.1. The number of nitrogens with zero attached hydrogens (tertiary/aromatic N) is 5. The third-order valence-electron chi connectivity index (χ3n) is 5.94. The Morgan fingerprint density at radius 3 is 2.04 bits per heavy atom. The first-order valence-corrected chi connectivity index (χ1v) is 10.5. The molecule has 2 rings (SSSR count). The van der Waals surface area contributed by atoms with Crippen molar-refractivity contribution in [3.63, 3.8) is 0 Å². The summed E-state index contributed by atoms with van der Waals surface area (Å²) >= 11 is 0. The van der Waals surface area contributed by atoms with Gasteiger partial charge < -0.3 is 20.0 Å². The number of hydrogen-bond acceptors (Lipinski definition) is 4. The molecule has 0 saturated carbocycles. The predicted molar refractivity (Wildman–Crippen MR) is 108 cm³/mol. The van der Waals surface area contributed by atoms with Gasteiger partial charge in [0, 0.05) is 72.5 Å². The van der Waals surface area contributed by atoms with Crippen LogP contribution in [0.5, 0.6) is 0 Å². The van der Waals surface area contributed by atoms with Gasteiger partial charge in [0.15, 0.2) is 5.96 Å². The molecule has 2 fully saturated rings. The summed E-state index contributed by atoms with van der Waals surface area (Å²) in [5.41, 5.74) is 0. The molecule has 1 N–H and O–H groups in total. The molecule has 2 unspecified atom stereocenters. The molecular formula is C19H37F3N6. The fourth-order valence-electron chi connectivity index (χ4n) is 3.92. The van der Waals surface area contributed by atoms with Gasteiger partial charge in [-0.15, -0.1) is 0 Å². The van der Waals surface area contributed by atoms with Gasteiger partial charge in [-0.05, 0) is 19.4 Å². The Hall–Kier alpha value is -1.06. The van der Waals surface area contributed by atoms with E-state index in [0.29, 0.717) is 32.1 Å². The highest BCUT2D eigenvalue weighted by atomic mass is 19.4. The van der Waals surface area contributed by atoms with Crippen LogP contribution in [0.3, 0.4) is 0 Å². The number of nitrogens with one attached hydrogen (secondary N) is 1. The molecule has 0 aliphatic carbocycles. The molecule has 2 heterocycles. The van der Waals surface area contributed by atoms with Gasteiger partial charge >= 0.3 is 6.18 Å². The summed E-state index contributed by atoms with van der Waals surface area (Å²) in [4.78, 5) is 12.9. The highest BCUT2D eigenvalue weighted by Crippen LogP contribution is 2.25. The normalized spacial score (nSPS) is 23.7. The second kappa shape index (κ2) is 10.6. The van der Waals surface area contributed by atoms with Crippen molar-refractivity contribution in [3.05, 3.63) is 0 Å². The minimum atomic E-state index is -4.17. The topological polar surface area (TPSA) is 37.4 Å². The van der Waals surface area contributed by atoms with E-state index >= 15 is 0 Å². The lowest BCUT2D eigenvalue weighted by molar-refractivity contribution is -0.181. The van der Waals surface area contributed by atoms with Crippen molar-refractivity contribution >= 4 is 5.96 Å². The molecule has 2 aliphatic heterocycles. The standard InChI is InChI=1S/C19H37F3N6/c1-5-25-6-8-26(9-7-25)15-16(2)14-24-18(23-4)28-12-10-27(11-13-28)17(3)19(20,21)22/h16-17H,5-15H2,1-4H3,(H,23,24). The highest BCUT2D eigenvalue weighted by molar-refractivity contribution is 5.80. The van der Waals surface area contributed by atoms with Gasteiger partial charge in [-0.25, -0.2) is 0 Å². The van der Waals surface area contributed by atoms with Crippen LogP contribution in [0.15, 0.2) is 4.99 Å². The van der Waals surface area contributed by atoms with Crippen LogP contribution in [0.25, 0.3) is 0 Å². The van der Waals surface area contributed by atoms with Crippen molar-refractivity contribution in [2.45, 2.75) is 33.0 Å². The van der Waals surface area contributed by atoms with Crippen molar-refractivity contribution in [1.29, 1.82) is 0 Å². The predicted octanol–water partition coefficient (Wildman–Crippen LogP) is 1.40. The zero-order chi connectivity index (χ0) is 20.7. The Labute approximate surface area is 167 Å². The molecule has 6 nitrogen and oxygen atoms in total. The minimum absolute atomic E-state index is 0.401. The summed E-state index contributed by atoms with van der Waals surface area (Å²) in [5, 5.41) is 3.42. The summed E-state index contributed by atoms with van der Waals surface area (Å²) in [6.07, 6.45) is -4.17. The second-order valence-corrected chi connectivity index (χ2v) is 8.01. The fourth-order valence-corrected chi connectivity index (χ4v) is 3.92. The maximum Gasteiger partial charge on any atom is 0.403 e. The van der Waals surface area contributed by atoms with Gasteiger partial charge in [0.25, 0.3) is 0 Å². The van der Waals surface area contributed by atoms with E-state index in [2.05, 4.69) is 38.9 Å². The van der Waals surface area contributed by atoms with Gasteiger partial charge in [-0.1, -0.05) is 13.8 Å². The zero-order valence-corrected chi connectivity index (χ0v) is 17.8. The Morgan fingerprint density at radius 2 is 1.54 bits per heavy atom. The summed E-state index contributed by atoms with van der Waals surface area (Å²) < 4.78 is 38.7. The molecule has 0 amide bonds. The summed E-state index contributed by atoms with van der Waals surface area (Å²) in [5.74, 6) is 1.28. The van der Waals surface area contributed by atoms with Crippen LogP contribution in [-0.2, 0) is 0 Å². The average Bonchev–Trinajstić information content (AvgIpc) is 2.68. The second-order valence-electron chi connectivity index (χ2n) is 8.01. The van der Waals surface area contributed by atoms with E-state index in [0.717, 1.165) is 51.8 Å². The van der Waals surface area contributed by atoms with Crippen LogP contribution in [0.2, 0.25) is 0 Å². The smallest absolute Gasteiger partial charge is 0.356 e. The van der Waals surface area contributed by atoms with Crippen LogP contribution < -0.4 is 5.32 Å². The summed E-state index contributed by atoms with van der Waals surface area (Å²) in [6.45, 7) is 15.1. The molecule has 0 spiro atoms. The van der Waals surface area contributed by atoms with E-state index in [1.807, 2.05) is 0 Å². The summed E-state index contributed by atoms with van der Waals surface area (Å²) in [6, 6.07) is -1.39. The first-order chi connectivity index (χ1) is 13.2. The van der Waals surface area contributed by atoms with Gasteiger partial charge in [0.1, 0.15) is 6.04 Å². The largest absolute Gasteiger partial charge is 0.403 e. The van der Waals surface area contributed by atoms with E-state index in [4.69, 9.17) is 0 Å². The number of piperazine rings is 2. The fraction of sp³-hybridized carbons (Fsp3) is 0.947. The van der Waals surface area contributed by atoms with Crippen molar-refractivity contribution in [1.82, 2.24) is 24.9 Å². The number of hydrogen-bond donors (Lipinski definition) is 1. The number of likely N-dealkylation sites (N-methyl/N-ethyl adjacent to an activating group) is 1. The molecule has 164 valence electrons. The Kier molecular flexibility index (Phi) is 8.82. The first-order valence-electron chi connectivity index (χ1n) is 10.5. The third kappa shape index (κ3) is 6.77.